The molecule has 0 bridgehead atoms. The average Bonchev–Trinajstić information content (AvgIpc) is 2.56. The highest BCUT2D eigenvalue weighted by atomic mass is 35.5. The van der Waals surface area contributed by atoms with Gasteiger partial charge in [-0.3, -0.25) is 5.01 Å². The third-order valence-electron chi connectivity index (χ3n) is 2.02. The second kappa shape index (κ2) is 3.67. The summed E-state index contributed by atoms with van der Waals surface area (Å²) in [5.41, 5.74) is 6.39. The van der Waals surface area contributed by atoms with Crippen molar-refractivity contribution in [3.63, 3.8) is 0 Å². The molecule has 0 spiro atoms. The van der Waals surface area contributed by atoms with E-state index in [1.165, 1.54) is 0 Å². The molecule has 0 saturated heterocycles. The molecule has 2 rings (SSSR count). The summed E-state index contributed by atoms with van der Waals surface area (Å²) in [4.78, 5) is 0. The minimum absolute atomic E-state index is 0.626. The van der Waals surface area contributed by atoms with Crippen molar-refractivity contribution < 1.29 is 0 Å². The smallest absolute Gasteiger partial charge is 0.122 e. The summed E-state index contributed by atoms with van der Waals surface area (Å²) in [5.74, 6) is 0.626. The highest BCUT2D eigenvalue weighted by Gasteiger charge is 2.16. The predicted octanol–water partition coefficient (Wildman–Crippen LogP) is 2.48. The first-order chi connectivity index (χ1) is 6.66. The molecule has 1 aliphatic rings. The van der Waals surface area contributed by atoms with Crippen LogP contribution >= 0.6 is 23.2 Å². The van der Waals surface area contributed by atoms with E-state index in [2.05, 4.69) is 5.10 Å². The number of rotatable bonds is 1. The third-order valence-corrected chi connectivity index (χ3v) is 2.57. The van der Waals surface area contributed by atoms with Crippen LogP contribution in [0.4, 0.5) is 5.69 Å². The zero-order valence-corrected chi connectivity index (χ0v) is 8.89. The largest absolute Gasteiger partial charge is 0.386 e. The summed E-state index contributed by atoms with van der Waals surface area (Å²) >= 11 is 11.9. The van der Waals surface area contributed by atoms with Crippen molar-refractivity contribution in [3.05, 3.63) is 28.2 Å². The van der Waals surface area contributed by atoms with Gasteiger partial charge in [0.25, 0.3) is 0 Å². The van der Waals surface area contributed by atoms with Gasteiger partial charge < -0.3 is 5.73 Å². The number of hydrogen-bond donors (Lipinski definition) is 1. The lowest BCUT2D eigenvalue weighted by atomic mass is 10.3. The van der Waals surface area contributed by atoms with Gasteiger partial charge in [0.1, 0.15) is 5.84 Å². The number of halogens is 2. The highest BCUT2D eigenvalue weighted by Crippen LogP contribution is 2.30. The molecule has 1 aromatic rings. The maximum absolute atomic E-state index is 6.01. The Morgan fingerprint density at radius 3 is 2.79 bits per heavy atom. The molecule has 0 unspecified atom stereocenters. The van der Waals surface area contributed by atoms with Gasteiger partial charge in [0.05, 0.1) is 10.7 Å². The molecular formula is C9H9Cl2N3. The summed E-state index contributed by atoms with van der Waals surface area (Å²) in [5, 5.41) is 7.19. The molecule has 0 aliphatic carbocycles. The molecule has 0 aromatic heterocycles. The fraction of sp³-hybridized carbons (Fsp3) is 0.222. The summed E-state index contributed by atoms with van der Waals surface area (Å²) < 4.78 is 0. The van der Waals surface area contributed by atoms with Crippen LogP contribution < -0.4 is 10.7 Å². The first-order valence-electron chi connectivity index (χ1n) is 4.22. The summed E-state index contributed by atoms with van der Waals surface area (Å²) in [6.45, 7) is 0.756. The third kappa shape index (κ3) is 1.79. The van der Waals surface area contributed by atoms with E-state index < -0.39 is 0 Å². The molecule has 0 atom stereocenters. The Morgan fingerprint density at radius 1 is 1.36 bits per heavy atom. The number of benzene rings is 1. The Kier molecular flexibility index (Phi) is 2.52. The predicted molar refractivity (Wildman–Crippen MR) is 60.0 cm³/mol. The van der Waals surface area contributed by atoms with E-state index in [9.17, 15) is 0 Å². The van der Waals surface area contributed by atoms with Crippen LogP contribution in [-0.4, -0.2) is 12.4 Å². The molecular weight excluding hydrogens is 221 g/mol. The highest BCUT2D eigenvalue weighted by molar-refractivity contribution is 6.35. The minimum Gasteiger partial charge on any atom is -0.386 e. The molecule has 14 heavy (non-hydrogen) atoms. The van der Waals surface area contributed by atoms with Crippen molar-refractivity contribution >= 4 is 34.7 Å². The zero-order chi connectivity index (χ0) is 10.1. The van der Waals surface area contributed by atoms with Crippen LogP contribution in [0.1, 0.15) is 6.42 Å². The van der Waals surface area contributed by atoms with Gasteiger partial charge in [0.2, 0.25) is 0 Å². The first kappa shape index (κ1) is 9.62. The van der Waals surface area contributed by atoms with Crippen molar-refractivity contribution in [1.82, 2.24) is 0 Å². The number of amidine groups is 1. The lowest BCUT2D eigenvalue weighted by molar-refractivity contribution is 0.922. The Labute approximate surface area is 92.1 Å². The summed E-state index contributed by atoms with van der Waals surface area (Å²) in [6, 6.07) is 5.28. The Morgan fingerprint density at radius 2 is 2.14 bits per heavy atom. The average molecular weight is 230 g/mol. The van der Waals surface area contributed by atoms with Gasteiger partial charge in [0, 0.05) is 18.0 Å². The summed E-state index contributed by atoms with van der Waals surface area (Å²) in [6.07, 6.45) is 0.767. The topological polar surface area (TPSA) is 41.6 Å². The van der Waals surface area contributed by atoms with E-state index in [1.807, 2.05) is 0 Å². The van der Waals surface area contributed by atoms with Crippen LogP contribution in [0.2, 0.25) is 10.0 Å². The quantitative estimate of drug-likeness (QED) is 0.805. The fourth-order valence-electron chi connectivity index (χ4n) is 1.33. The molecule has 1 aliphatic heterocycles. The second-order valence-electron chi connectivity index (χ2n) is 3.06. The number of hydrazone groups is 1. The van der Waals surface area contributed by atoms with Gasteiger partial charge in [-0.25, -0.2) is 0 Å². The van der Waals surface area contributed by atoms with E-state index in [4.69, 9.17) is 28.9 Å². The van der Waals surface area contributed by atoms with E-state index in [0.717, 1.165) is 18.7 Å². The van der Waals surface area contributed by atoms with Crippen LogP contribution in [0.3, 0.4) is 0 Å². The van der Waals surface area contributed by atoms with E-state index in [-0.39, 0.29) is 0 Å². The maximum Gasteiger partial charge on any atom is 0.122 e. The van der Waals surface area contributed by atoms with Crippen LogP contribution in [0.5, 0.6) is 0 Å². The van der Waals surface area contributed by atoms with Gasteiger partial charge in [-0.2, -0.15) is 5.10 Å². The van der Waals surface area contributed by atoms with Gasteiger partial charge in [-0.1, -0.05) is 23.2 Å². The van der Waals surface area contributed by atoms with Gasteiger partial charge >= 0.3 is 0 Å². The Bertz CT molecular complexity index is 390. The molecule has 5 heteroatoms. The SMILES string of the molecule is NC1=NN(c2cc(Cl)ccc2Cl)CC1. The maximum atomic E-state index is 6.01. The normalized spacial score (nSPS) is 15.9. The lowest BCUT2D eigenvalue weighted by Crippen LogP contribution is -2.12. The number of anilines is 1. The van der Waals surface area contributed by atoms with Crippen molar-refractivity contribution in [1.29, 1.82) is 0 Å². The van der Waals surface area contributed by atoms with Crippen LogP contribution in [-0.2, 0) is 0 Å². The first-order valence-corrected chi connectivity index (χ1v) is 4.98. The van der Waals surface area contributed by atoms with Crippen LogP contribution in [0.15, 0.2) is 23.3 Å². The second-order valence-corrected chi connectivity index (χ2v) is 3.90. The molecule has 0 radical (unpaired) electrons. The molecule has 0 amide bonds. The van der Waals surface area contributed by atoms with Crippen molar-refractivity contribution in [3.8, 4) is 0 Å². The van der Waals surface area contributed by atoms with Crippen LogP contribution in [0, 0.1) is 0 Å². The standard InChI is InChI=1S/C9H9Cl2N3/c10-6-1-2-7(11)8(5-6)14-4-3-9(12)13-14/h1-2,5H,3-4H2,(H2,12,13). The zero-order valence-electron chi connectivity index (χ0n) is 7.37. The fourth-order valence-corrected chi connectivity index (χ4v) is 1.71. The van der Waals surface area contributed by atoms with E-state index >= 15 is 0 Å². The minimum atomic E-state index is 0.626. The molecule has 2 N–H and O–H groups in total. The van der Waals surface area contributed by atoms with Crippen molar-refractivity contribution in [2.75, 3.05) is 11.6 Å². The lowest BCUT2D eigenvalue weighted by Gasteiger charge is -2.14. The van der Waals surface area contributed by atoms with Crippen molar-refractivity contribution in [2.45, 2.75) is 6.42 Å². The number of nitrogens with two attached hydrogens (primary N) is 1. The molecule has 1 aromatic carbocycles. The molecule has 1 heterocycles. The number of hydrogen-bond acceptors (Lipinski definition) is 3. The summed E-state index contributed by atoms with van der Waals surface area (Å²) in [7, 11) is 0. The number of nitrogens with zero attached hydrogens (tertiary/aromatic N) is 2. The molecule has 3 nitrogen and oxygen atoms in total. The Balaban J connectivity index is 2.36. The van der Waals surface area contributed by atoms with Gasteiger partial charge in [-0.05, 0) is 18.2 Å². The van der Waals surface area contributed by atoms with E-state index in [1.54, 1.807) is 23.2 Å². The van der Waals surface area contributed by atoms with Gasteiger partial charge in [0.15, 0.2) is 0 Å². The van der Waals surface area contributed by atoms with Gasteiger partial charge in [-0.15, -0.1) is 0 Å². The van der Waals surface area contributed by atoms with E-state index in [0.29, 0.717) is 15.9 Å². The molecule has 0 fully saturated rings. The monoisotopic (exact) mass is 229 g/mol. The van der Waals surface area contributed by atoms with Crippen LogP contribution in [0.25, 0.3) is 0 Å². The molecule has 0 saturated carbocycles. The molecule has 74 valence electrons. The van der Waals surface area contributed by atoms with Crippen molar-refractivity contribution in [2.24, 2.45) is 10.8 Å². The Hall–Kier alpha value is -0.930.